The Bertz CT molecular complexity index is 655. The van der Waals surface area contributed by atoms with E-state index in [0.29, 0.717) is 19.0 Å². The van der Waals surface area contributed by atoms with Crippen LogP contribution in [0.4, 0.5) is 0 Å². The summed E-state index contributed by atoms with van der Waals surface area (Å²) < 4.78 is 5.75. The van der Waals surface area contributed by atoms with Crippen LogP contribution < -0.4 is 0 Å². The van der Waals surface area contributed by atoms with Gasteiger partial charge >= 0.3 is 0 Å². The number of likely N-dealkylation sites (tertiary alicyclic amines) is 1. The topological polar surface area (TPSA) is 70.1 Å². The highest BCUT2D eigenvalue weighted by Gasteiger charge is 2.42. The second-order valence-corrected chi connectivity index (χ2v) is 7.32. The number of rotatable bonds is 4. The molecule has 0 aliphatic carbocycles. The second-order valence-electron chi connectivity index (χ2n) is 7.32. The van der Waals surface area contributed by atoms with Gasteiger partial charge in [0.05, 0.1) is 6.04 Å². The summed E-state index contributed by atoms with van der Waals surface area (Å²) in [6.45, 7) is 3.50. The number of likely N-dealkylation sites (N-methyl/N-ethyl adjacent to an activating group) is 1. The quantitative estimate of drug-likeness (QED) is 0.884. The lowest BCUT2D eigenvalue weighted by atomic mass is 9.91. The Labute approximate surface area is 154 Å². The fourth-order valence-corrected chi connectivity index (χ4v) is 4.01. The average Bonchev–Trinajstić information content (AvgIpc) is 2.65. The zero-order valence-corrected chi connectivity index (χ0v) is 15.6. The van der Waals surface area contributed by atoms with E-state index in [2.05, 4.69) is 0 Å². The van der Waals surface area contributed by atoms with Gasteiger partial charge in [-0.3, -0.25) is 9.59 Å². The minimum absolute atomic E-state index is 0.0416. The molecule has 2 heterocycles. The molecule has 1 N–H and O–H groups in total. The van der Waals surface area contributed by atoms with E-state index in [1.54, 1.807) is 11.9 Å². The summed E-state index contributed by atoms with van der Waals surface area (Å²) in [4.78, 5) is 28.9. The molecular formula is C20H28N2O4. The van der Waals surface area contributed by atoms with Crippen molar-refractivity contribution >= 4 is 11.8 Å². The van der Waals surface area contributed by atoms with Gasteiger partial charge in [-0.2, -0.15) is 0 Å². The van der Waals surface area contributed by atoms with E-state index in [1.165, 1.54) is 0 Å². The van der Waals surface area contributed by atoms with Crippen molar-refractivity contribution < 1.29 is 19.4 Å². The van der Waals surface area contributed by atoms with E-state index in [9.17, 15) is 9.59 Å². The molecule has 26 heavy (non-hydrogen) atoms. The number of ether oxygens (including phenoxy) is 1. The molecule has 1 aromatic rings. The van der Waals surface area contributed by atoms with Gasteiger partial charge in [0.15, 0.2) is 6.10 Å². The van der Waals surface area contributed by atoms with Crippen LogP contribution >= 0.6 is 0 Å². The molecule has 1 aromatic carbocycles. The SMILES string of the molecule is Cc1ccccc1[C@@H]1[C@@H](C(=O)N2CCC(CCO)CC2)OCC(=O)N1C. The van der Waals surface area contributed by atoms with Gasteiger partial charge < -0.3 is 19.6 Å². The molecule has 142 valence electrons. The van der Waals surface area contributed by atoms with Crippen molar-refractivity contribution in [2.24, 2.45) is 5.92 Å². The predicted molar refractivity (Wildman–Crippen MR) is 97.4 cm³/mol. The molecule has 0 unspecified atom stereocenters. The number of benzene rings is 1. The Morgan fingerprint density at radius 3 is 2.62 bits per heavy atom. The van der Waals surface area contributed by atoms with Crippen molar-refractivity contribution in [1.82, 2.24) is 9.80 Å². The highest BCUT2D eigenvalue weighted by Crippen LogP contribution is 2.33. The van der Waals surface area contributed by atoms with Crippen molar-refractivity contribution in [1.29, 1.82) is 0 Å². The summed E-state index contributed by atoms with van der Waals surface area (Å²) in [5.41, 5.74) is 2.00. The van der Waals surface area contributed by atoms with Gasteiger partial charge in [-0.15, -0.1) is 0 Å². The van der Waals surface area contributed by atoms with E-state index in [4.69, 9.17) is 9.84 Å². The van der Waals surface area contributed by atoms with Crippen LogP contribution in [0.3, 0.4) is 0 Å². The van der Waals surface area contributed by atoms with Gasteiger partial charge in [-0.25, -0.2) is 0 Å². The first-order chi connectivity index (χ1) is 12.5. The average molecular weight is 360 g/mol. The third-order valence-corrected chi connectivity index (χ3v) is 5.70. The molecule has 2 fully saturated rings. The fraction of sp³-hybridized carbons (Fsp3) is 0.600. The first-order valence-electron chi connectivity index (χ1n) is 9.35. The van der Waals surface area contributed by atoms with E-state index < -0.39 is 12.1 Å². The van der Waals surface area contributed by atoms with Crippen LogP contribution in [0, 0.1) is 12.8 Å². The monoisotopic (exact) mass is 360 g/mol. The molecule has 6 nitrogen and oxygen atoms in total. The zero-order valence-electron chi connectivity index (χ0n) is 15.6. The molecule has 2 amide bonds. The van der Waals surface area contributed by atoms with Crippen molar-refractivity contribution in [2.75, 3.05) is 33.4 Å². The molecular weight excluding hydrogens is 332 g/mol. The Hall–Kier alpha value is -1.92. The van der Waals surface area contributed by atoms with Gasteiger partial charge in [-0.1, -0.05) is 24.3 Å². The second kappa shape index (κ2) is 8.18. The van der Waals surface area contributed by atoms with Gasteiger partial charge in [0, 0.05) is 26.7 Å². The summed E-state index contributed by atoms with van der Waals surface area (Å²) >= 11 is 0. The van der Waals surface area contributed by atoms with Crippen LogP contribution in [0.1, 0.15) is 36.4 Å². The van der Waals surface area contributed by atoms with Gasteiger partial charge in [-0.05, 0) is 43.2 Å². The Balaban J connectivity index is 1.79. The van der Waals surface area contributed by atoms with Crippen LogP contribution in [-0.2, 0) is 14.3 Å². The number of aryl methyl sites for hydroxylation is 1. The maximum Gasteiger partial charge on any atom is 0.254 e. The Kier molecular flexibility index (Phi) is 5.94. The number of carbonyl (C=O) groups excluding carboxylic acids is 2. The third-order valence-electron chi connectivity index (χ3n) is 5.70. The predicted octanol–water partition coefficient (Wildman–Crippen LogP) is 1.51. The number of aliphatic hydroxyl groups is 1. The summed E-state index contributed by atoms with van der Waals surface area (Å²) in [6.07, 6.45) is 1.93. The van der Waals surface area contributed by atoms with Crippen LogP contribution in [0.5, 0.6) is 0 Å². The number of hydrogen-bond donors (Lipinski definition) is 1. The minimum Gasteiger partial charge on any atom is -0.396 e. The van der Waals surface area contributed by atoms with E-state index in [-0.39, 0.29) is 25.0 Å². The van der Waals surface area contributed by atoms with Crippen molar-refractivity contribution in [2.45, 2.75) is 38.3 Å². The first-order valence-corrected chi connectivity index (χ1v) is 9.35. The maximum atomic E-state index is 13.2. The molecule has 0 radical (unpaired) electrons. The molecule has 2 atom stereocenters. The standard InChI is InChI=1S/C20H28N2O4/c1-14-5-3-4-6-16(14)18-19(26-13-17(24)21(18)2)20(25)22-10-7-15(8-11-22)9-12-23/h3-6,15,18-19,23H,7-13H2,1-2H3/t18-,19+/m1/s1. The number of carbonyl (C=O) groups is 2. The van der Waals surface area contributed by atoms with Gasteiger partial charge in [0.2, 0.25) is 5.91 Å². The Morgan fingerprint density at radius 2 is 1.96 bits per heavy atom. The smallest absolute Gasteiger partial charge is 0.254 e. The Morgan fingerprint density at radius 1 is 1.27 bits per heavy atom. The number of hydrogen-bond acceptors (Lipinski definition) is 4. The molecule has 0 saturated carbocycles. The molecule has 2 aliphatic heterocycles. The lowest BCUT2D eigenvalue weighted by molar-refractivity contribution is -0.168. The number of piperidine rings is 1. The van der Waals surface area contributed by atoms with E-state index >= 15 is 0 Å². The van der Waals surface area contributed by atoms with Gasteiger partial charge in [0.1, 0.15) is 6.61 Å². The minimum atomic E-state index is -0.673. The molecule has 6 heteroatoms. The largest absolute Gasteiger partial charge is 0.396 e. The zero-order chi connectivity index (χ0) is 18.7. The van der Waals surface area contributed by atoms with Crippen LogP contribution in [0.2, 0.25) is 0 Å². The normalized spacial score (nSPS) is 24.8. The third kappa shape index (κ3) is 3.76. The van der Waals surface area contributed by atoms with E-state index in [0.717, 1.165) is 30.4 Å². The number of amides is 2. The van der Waals surface area contributed by atoms with Crippen LogP contribution in [0.15, 0.2) is 24.3 Å². The number of aliphatic hydroxyl groups excluding tert-OH is 1. The maximum absolute atomic E-state index is 13.2. The van der Waals surface area contributed by atoms with Crippen LogP contribution in [-0.4, -0.2) is 66.2 Å². The fourth-order valence-electron chi connectivity index (χ4n) is 4.01. The summed E-state index contributed by atoms with van der Waals surface area (Å²) in [6, 6.07) is 7.43. The van der Waals surface area contributed by atoms with Gasteiger partial charge in [0.25, 0.3) is 5.91 Å². The first kappa shape index (κ1) is 18.9. The van der Waals surface area contributed by atoms with Crippen molar-refractivity contribution in [3.63, 3.8) is 0 Å². The molecule has 3 rings (SSSR count). The molecule has 0 aromatic heterocycles. The summed E-state index contributed by atoms with van der Waals surface area (Å²) in [5, 5.41) is 9.10. The number of morpholine rings is 1. The van der Waals surface area contributed by atoms with Crippen molar-refractivity contribution in [3.05, 3.63) is 35.4 Å². The summed E-state index contributed by atoms with van der Waals surface area (Å²) in [5.74, 6) is 0.330. The molecule has 2 saturated heterocycles. The lowest BCUT2D eigenvalue weighted by Crippen LogP contribution is -2.55. The highest BCUT2D eigenvalue weighted by molar-refractivity contribution is 5.86. The van der Waals surface area contributed by atoms with E-state index in [1.807, 2.05) is 36.1 Å². The summed E-state index contributed by atoms with van der Waals surface area (Å²) in [7, 11) is 1.75. The van der Waals surface area contributed by atoms with Crippen molar-refractivity contribution in [3.8, 4) is 0 Å². The molecule has 2 aliphatic rings. The van der Waals surface area contributed by atoms with Crippen LogP contribution in [0.25, 0.3) is 0 Å². The highest BCUT2D eigenvalue weighted by atomic mass is 16.5. The molecule has 0 bridgehead atoms. The molecule has 0 spiro atoms. The lowest BCUT2D eigenvalue weighted by Gasteiger charge is -2.42. The number of nitrogens with zero attached hydrogens (tertiary/aromatic N) is 2.